The van der Waals surface area contributed by atoms with Crippen LogP contribution in [0.2, 0.25) is 0 Å². The van der Waals surface area contributed by atoms with E-state index in [1.165, 1.54) is 15.6 Å². The van der Waals surface area contributed by atoms with Gasteiger partial charge in [-0.15, -0.1) is 11.3 Å². The van der Waals surface area contributed by atoms with E-state index in [1.54, 1.807) is 18.4 Å². The molecule has 4 nitrogen and oxygen atoms in total. The Balaban J connectivity index is 3.06. The molecule has 0 fully saturated rings. The van der Waals surface area contributed by atoms with E-state index in [4.69, 9.17) is 5.11 Å². The highest BCUT2D eigenvalue weighted by Crippen LogP contribution is 2.29. The standard InChI is InChI=1S/C8H12BrNO3S2/c1-2-10(4-5-11)15(12,13)8-7(9)3-6-14-8/h3,6,11H,2,4-5H2,1H3. The fraction of sp³-hybridized carbons (Fsp3) is 0.500. The maximum Gasteiger partial charge on any atom is 0.253 e. The molecule has 7 heteroatoms. The predicted molar refractivity (Wildman–Crippen MR) is 63.5 cm³/mol. The molecule has 0 atom stereocenters. The smallest absolute Gasteiger partial charge is 0.253 e. The molecule has 0 aromatic carbocycles. The molecular formula is C8H12BrNO3S2. The molecule has 0 saturated heterocycles. The number of likely N-dealkylation sites (N-methyl/N-ethyl adjacent to an activating group) is 1. The fourth-order valence-electron chi connectivity index (χ4n) is 1.14. The molecule has 0 aliphatic carbocycles. The first-order chi connectivity index (χ1) is 7.04. The lowest BCUT2D eigenvalue weighted by Gasteiger charge is -2.18. The highest BCUT2D eigenvalue weighted by Gasteiger charge is 2.25. The van der Waals surface area contributed by atoms with Crippen molar-refractivity contribution >= 4 is 37.3 Å². The van der Waals surface area contributed by atoms with Crippen LogP contribution in [0.5, 0.6) is 0 Å². The van der Waals surface area contributed by atoms with Gasteiger partial charge < -0.3 is 5.11 Å². The maximum atomic E-state index is 12.0. The van der Waals surface area contributed by atoms with Gasteiger partial charge in [-0.05, 0) is 27.4 Å². The molecule has 0 aliphatic rings. The minimum atomic E-state index is -3.46. The highest BCUT2D eigenvalue weighted by molar-refractivity contribution is 9.10. The zero-order valence-corrected chi connectivity index (χ0v) is 11.4. The minimum Gasteiger partial charge on any atom is -0.395 e. The number of halogens is 1. The summed E-state index contributed by atoms with van der Waals surface area (Å²) in [5, 5.41) is 10.5. The summed E-state index contributed by atoms with van der Waals surface area (Å²) < 4.78 is 26.2. The SMILES string of the molecule is CCN(CCO)S(=O)(=O)c1sccc1Br. The van der Waals surface area contributed by atoms with Crippen molar-refractivity contribution in [3.63, 3.8) is 0 Å². The van der Waals surface area contributed by atoms with Gasteiger partial charge >= 0.3 is 0 Å². The summed E-state index contributed by atoms with van der Waals surface area (Å²) in [6.07, 6.45) is 0. The topological polar surface area (TPSA) is 57.6 Å². The van der Waals surface area contributed by atoms with Crippen LogP contribution < -0.4 is 0 Å². The lowest BCUT2D eigenvalue weighted by molar-refractivity contribution is 0.257. The van der Waals surface area contributed by atoms with Gasteiger partial charge in [0.15, 0.2) is 0 Å². The van der Waals surface area contributed by atoms with Gasteiger partial charge in [0.05, 0.1) is 6.61 Å². The fourth-order valence-corrected chi connectivity index (χ4v) is 5.03. The van der Waals surface area contributed by atoms with E-state index in [1.807, 2.05) is 0 Å². The first-order valence-electron chi connectivity index (χ1n) is 4.38. The van der Waals surface area contributed by atoms with Crippen molar-refractivity contribution in [2.24, 2.45) is 0 Å². The van der Waals surface area contributed by atoms with Crippen LogP contribution >= 0.6 is 27.3 Å². The largest absolute Gasteiger partial charge is 0.395 e. The van der Waals surface area contributed by atoms with Crippen molar-refractivity contribution in [2.45, 2.75) is 11.1 Å². The highest BCUT2D eigenvalue weighted by atomic mass is 79.9. The Morgan fingerprint density at radius 1 is 1.60 bits per heavy atom. The lowest BCUT2D eigenvalue weighted by Crippen LogP contribution is -2.33. The summed E-state index contributed by atoms with van der Waals surface area (Å²) in [4.78, 5) is 0. The van der Waals surface area contributed by atoms with Crippen molar-refractivity contribution in [3.8, 4) is 0 Å². The van der Waals surface area contributed by atoms with Crippen LogP contribution in [0.4, 0.5) is 0 Å². The minimum absolute atomic E-state index is 0.128. The Labute approximate surface area is 102 Å². The molecule has 0 unspecified atom stereocenters. The average Bonchev–Trinajstić information content (AvgIpc) is 2.61. The third-order valence-corrected chi connectivity index (χ3v) is 6.48. The van der Waals surface area contributed by atoms with Crippen LogP contribution in [-0.2, 0) is 10.0 Å². The van der Waals surface area contributed by atoms with E-state index >= 15 is 0 Å². The number of thiophene rings is 1. The number of hydrogen-bond donors (Lipinski definition) is 1. The normalized spacial score (nSPS) is 12.3. The second kappa shape index (κ2) is 5.40. The molecule has 1 aromatic rings. The molecule has 0 bridgehead atoms. The zero-order valence-electron chi connectivity index (χ0n) is 8.18. The maximum absolute atomic E-state index is 12.0. The van der Waals surface area contributed by atoms with Crippen LogP contribution in [0.1, 0.15) is 6.92 Å². The van der Waals surface area contributed by atoms with Gasteiger partial charge in [0.25, 0.3) is 10.0 Å². The Hall–Kier alpha value is 0.0500. The molecule has 0 radical (unpaired) electrons. The Kier molecular flexibility index (Phi) is 4.72. The quantitative estimate of drug-likeness (QED) is 0.896. The summed E-state index contributed by atoms with van der Waals surface area (Å²) in [5.74, 6) is 0. The molecule has 1 N–H and O–H groups in total. The molecule has 1 aromatic heterocycles. The molecular weight excluding hydrogens is 302 g/mol. The van der Waals surface area contributed by atoms with Crippen molar-refractivity contribution in [1.82, 2.24) is 4.31 Å². The van der Waals surface area contributed by atoms with E-state index in [0.717, 1.165) is 0 Å². The van der Waals surface area contributed by atoms with Crippen LogP contribution in [0, 0.1) is 0 Å². The molecule has 0 saturated carbocycles. The van der Waals surface area contributed by atoms with Crippen molar-refractivity contribution in [2.75, 3.05) is 19.7 Å². The summed E-state index contributed by atoms with van der Waals surface area (Å²) >= 11 is 4.36. The van der Waals surface area contributed by atoms with Gasteiger partial charge in [0.2, 0.25) is 0 Å². The first kappa shape index (κ1) is 13.1. The van der Waals surface area contributed by atoms with Gasteiger partial charge in [0.1, 0.15) is 4.21 Å². The van der Waals surface area contributed by atoms with Crippen LogP contribution in [0.25, 0.3) is 0 Å². The van der Waals surface area contributed by atoms with Gasteiger partial charge in [-0.2, -0.15) is 4.31 Å². The number of rotatable bonds is 5. The third kappa shape index (κ3) is 2.79. The summed E-state index contributed by atoms with van der Waals surface area (Å²) in [7, 11) is -3.46. The Morgan fingerprint density at radius 2 is 2.27 bits per heavy atom. The van der Waals surface area contributed by atoms with Crippen molar-refractivity contribution in [3.05, 3.63) is 15.9 Å². The van der Waals surface area contributed by atoms with Crippen LogP contribution in [0.3, 0.4) is 0 Å². The van der Waals surface area contributed by atoms with Gasteiger partial charge in [0, 0.05) is 17.6 Å². The van der Waals surface area contributed by atoms with E-state index in [0.29, 0.717) is 11.0 Å². The monoisotopic (exact) mass is 313 g/mol. The van der Waals surface area contributed by atoms with E-state index in [-0.39, 0.29) is 17.4 Å². The molecule has 0 amide bonds. The zero-order chi connectivity index (χ0) is 11.5. The van der Waals surface area contributed by atoms with Crippen molar-refractivity contribution < 1.29 is 13.5 Å². The average molecular weight is 314 g/mol. The van der Waals surface area contributed by atoms with Crippen LogP contribution in [0.15, 0.2) is 20.1 Å². The molecule has 15 heavy (non-hydrogen) atoms. The lowest BCUT2D eigenvalue weighted by atomic mass is 10.6. The molecule has 0 aliphatic heterocycles. The predicted octanol–water partition coefficient (Wildman–Crippen LogP) is 1.51. The third-order valence-electron chi connectivity index (χ3n) is 1.86. The first-order valence-corrected chi connectivity index (χ1v) is 7.49. The van der Waals surface area contributed by atoms with E-state index in [2.05, 4.69) is 15.9 Å². The number of aliphatic hydroxyl groups is 1. The van der Waals surface area contributed by atoms with Gasteiger partial charge in [-0.3, -0.25) is 0 Å². The number of sulfonamides is 1. The van der Waals surface area contributed by atoms with Gasteiger partial charge in [-0.25, -0.2) is 8.42 Å². The second-order valence-electron chi connectivity index (χ2n) is 2.78. The molecule has 1 heterocycles. The molecule has 86 valence electrons. The Bertz CT molecular complexity index is 415. The van der Waals surface area contributed by atoms with Gasteiger partial charge in [-0.1, -0.05) is 6.92 Å². The van der Waals surface area contributed by atoms with E-state index < -0.39 is 10.0 Å². The number of nitrogens with zero attached hydrogens (tertiary/aromatic N) is 1. The van der Waals surface area contributed by atoms with Crippen molar-refractivity contribution in [1.29, 1.82) is 0 Å². The summed E-state index contributed by atoms with van der Waals surface area (Å²) in [6, 6.07) is 1.70. The summed E-state index contributed by atoms with van der Waals surface area (Å²) in [5.41, 5.74) is 0. The molecule has 1 rings (SSSR count). The van der Waals surface area contributed by atoms with Crippen LogP contribution in [-0.4, -0.2) is 37.5 Å². The second-order valence-corrected chi connectivity index (χ2v) is 6.68. The summed E-state index contributed by atoms with van der Waals surface area (Å²) in [6.45, 7) is 2.06. The Morgan fingerprint density at radius 3 is 2.67 bits per heavy atom. The number of aliphatic hydroxyl groups excluding tert-OH is 1. The van der Waals surface area contributed by atoms with E-state index in [9.17, 15) is 8.42 Å². The number of hydrogen-bond acceptors (Lipinski definition) is 4. The molecule has 0 spiro atoms.